The number of nitrogens with two attached hydrogens (primary N) is 1. The van der Waals surface area contributed by atoms with Gasteiger partial charge in [-0.3, -0.25) is 0 Å². The average Bonchev–Trinajstić information content (AvgIpc) is 3.08. The molecular formula is C13H18N2S2. The van der Waals surface area contributed by atoms with Crippen LogP contribution in [0.15, 0.2) is 18.2 Å². The highest BCUT2D eigenvalue weighted by molar-refractivity contribution is 8.00. The van der Waals surface area contributed by atoms with Crippen molar-refractivity contribution in [3.05, 3.63) is 29.3 Å². The number of hydrogen-bond donors (Lipinski definition) is 2. The minimum absolute atomic E-state index is 0.440. The van der Waals surface area contributed by atoms with Crippen LogP contribution in [0, 0.1) is 6.92 Å². The quantitative estimate of drug-likeness (QED) is 0.804. The van der Waals surface area contributed by atoms with Crippen LogP contribution in [0.4, 0.5) is 5.69 Å². The Morgan fingerprint density at radius 2 is 2.24 bits per heavy atom. The van der Waals surface area contributed by atoms with Crippen molar-refractivity contribution in [3.63, 3.8) is 0 Å². The van der Waals surface area contributed by atoms with E-state index in [-0.39, 0.29) is 0 Å². The maximum Gasteiger partial charge on any atom is 0.106 e. The molecular weight excluding hydrogens is 248 g/mol. The van der Waals surface area contributed by atoms with Crippen molar-refractivity contribution < 1.29 is 0 Å². The van der Waals surface area contributed by atoms with Crippen LogP contribution in [0.5, 0.6) is 0 Å². The first kappa shape index (κ1) is 12.7. The second kappa shape index (κ2) is 4.86. The molecule has 0 unspecified atom stereocenters. The van der Waals surface area contributed by atoms with Crippen molar-refractivity contribution in [2.75, 3.05) is 18.1 Å². The Morgan fingerprint density at radius 1 is 1.53 bits per heavy atom. The van der Waals surface area contributed by atoms with Gasteiger partial charge in [0.2, 0.25) is 0 Å². The van der Waals surface area contributed by atoms with Gasteiger partial charge in [-0.2, -0.15) is 11.8 Å². The molecule has 1 aliphatic rings. The first-order valence-corrected chi connectivity index (χ1v) is 7.40. The Hall–Kier alpha value is -0.740. The van der Waals surface area contributed by atoms with E-state index in [1.54, 1.807) is 0 Å². The van der Waals surface area contributed by atoms with Gasteiger partial charge in [-0.05, 0) is 37.7 Å². The van der Waals surface area contributed by atoms with Crippen LogP contribution in [-0.2, 0) is 0 Å². The van der Waals surface area contributed by atoms with Crippen LogP contribution < -0.4 is 11.1 Å². The molecule has 0 radical (unpaired) electrons. The van der Waals surface area contributed by atoms with E-state index in [1.165, 1.54) is 18.4 Å². The molecule has 2 rings (SSSR count). The molecule has 1 aromatic rings. The number of hydrogen-bond acceptors (Lipinski definition) is 3. The molecule has 0 atom stereocenters. The molecule has 0 amide bonds. The SMILES string of the molecule is CSC1(CNc2c(C)cccc2C(N)=S)CC1. The zero-order chi connectivity index (χ0) is 12.5. The normalized spacial score (nSPS) is 16.6. The van der Waals surface area contributed by atoms with Gasteiger partial charge in [0, 0.05) is 22.5 Å². The van der Waals surface area contributed by atoms with Crippen LogP contribution in [0.2, 0.25) is 0 Å². The molecule has 3 N–H and O–H groups in total. The Bertz CT molecular complexity index is 439. The standard InChI is InChI=1S/C13H18N2S2/c1-9-4-3-5-10(12(14)16)11(9)15-8-13(17-2)6-7-13/h3-5,15H,6-8H2,1-2H3,(H2,14,16). The molecule has 0 aromatic heterocycles. The molecule has 2 nitrogen and oxygen atoms in total. The molecule has 17 heavy (non-hydrogen) atoms. The predicted molar refractivity (Wildman–Crippen MR) is 81.0 cm³/mol. The molecule has 4 heteroatoms. The van der Waals surface area contributed by atoms with Gasteiger partial charge in [0.25, 0.3) is 0 Å². The number of thiocarbonyl (C=S) groups is 1. The lowest BCUT2D eigenvalue weighted by molar-refractivity contribution is 0.947. The molecule has 1 saturated carbocycles. The molecule has 1 aromatic carbocycles. The summed E-state index contributed by atoms with van der Waals surface area (Å²) in [6.45, 7) is 3.08. The lowest BCUT2D eigenvalue weighted by atomic mass is 10.1. The van der Waals surface area contributed by atoms with Gasteiger partial charge in [0.15, 0.2) is 0 Å². The number of rotatable bonds is 5. The summed E-state index contributed by atoms with van der Waals surface area (Å²) < 4.78 is 0.440. The first-order chi connectivity index (χ1) is 8.08. The van der Waals surface area contributed by atoms with Gasteiger partial charge in [-0.1, -0.05) is 24.4 Å². The van der Waals surface area contributed by atoms with Gasteiger partial charge in [0.05, 0.1) is 0 Å². The molecule has 1 fully saturated rings. The zero-order valence-corrected chi connectivity index (χ0v) is 11.9. The average molecular weight is 266 g/mol. The van der Waals surface area contributed by atoms with Gasteiger partial charge in [0.1, 0.15) is 4.99 Å². The zero-order valence-electron chi connectivity index (χ0n) is 10.2. The third-order valence-electron chi connectivity index (χ3n) is 3.37. The first-order valence-electron chi connectivity index (χ1n) is 5.76. The summed E-state index contributed by atoms with van der Waals surface area (Å²) in [5.41, 5.74) is 9.01. The maximum absolute atomic E-state index is 5.76. The van der Waals surface area contributed by atoms with E-state index in [2.05, 4.69) is 24.6 Å². The van der Waals surface area contributed by atoms with Crippen molar-refractivity contribution in [3.8, 4) is 0 Å². The largest absolute Gasteiger partial charge is 0.389 e. The Labute approximate surface area is 112 Å². The molecule has 0 aliphatic heterocycles. The van der Waals surface area contributed by atoms with E-state index < -0.39 is 0 Å². The summed E-state index contributed by atoms with van der Waals surface area (Å²) >= 11 is 7.04. The smallest absolute Gasteiger partial charge is 0.106 e. The number of benzene rings is 1. The third-order valence-corrected chi connectivity index (χ3v) is 5.00. The molecule has 0 bridgehead atoms. The number of anilines is 1. The summed E-state index contributed by atoms with van der Waals surface area (Å²) in [5.74, 6) is 0. The van der Waals surface area contributed by atoms with Crippen LogP contribution in [0.1, 0.15) is 24.0 Å². The minimum atomic E-state index is 0.440. The fourth-order valence-corrected chi connectivity index (χ4v) is 2.85. The molecule has 92 valence electrons. The van der Waals surface area contributed by atoms with E-state index in [1.807, 2.05) is 23.9 Å². The maximum atomic E-state index is 5.76. The van der Waals surface area contributed by atoms with Gasteiger partial charge < -0.3 is 11.1 Å². The van der Waals surface area contributed by atoms with Crippen molar-refractivity contribution >= 4 is 34.7 Å². The Morgan fingerprint density at radius 3 is 2.76 bits per heavy atom. The van der Waals surface area contributed by atoms with E-state index in [4.69, 9.17) is 18.0 Å². The van der Waals surface area contributed by atoms with Crippen molar-refractivity contribution in [2.24, 2.45) is 5.73 Å². The summed E-state index contributed by atoms with van der Waals surface area (Å²) in [7, 11) is 0. The monoisotopic (exact) mass is 266 g/mol. The highest BCUT2D eigenvalue weighted by Crippen LogP contribution is 2.47. The van der Waals surface area contributed by atoms with Gasteiger partial charge in [-0.15, -0.1) is 0 Å². The molecule has 0 heterocycles. The van der Waals surface area contributed by atoms with Crippen LogP contribution in [-0.4, -0.2) is 22.5 Å². The van der Waals surface area contributed by atoms with E-state index in [9.17, 15) is 0 Å². The second-order valence-corrected chi connectivity index (χ2v) is 6.32. The predicted octanol–water partition coefficient (Wildman–Crippen LogP) is 2.94. The van der Waals surface area contributed by atoms with Gasteiger partial charge >= 0.3 is 0 Å². The van der Waals surface area contributed by atoms with E-state index in [0.29, 0.717) is 9.74 Å². The topological polar surface area (TPSA) is 38.0 Å². The lowest BCUT2D eigenvalue weighted by Gasteiger charge is -2.18. The Kier molecular flexibility index (Phi) is 3.64. The van der Waals surface area contributed by atoms with Crippen molar-refractivity contribution in [2.45, 2.75) is 24.5 Å². The fourth-order valence-electron chi connectivity index (χ4n) is 1.95. The van der Waals surface area contributed by atoms with Crippen molar-refractivity contribution in [1.29, 1.82) is 0 Å². The summed E-state index contributed by atoms with van der Waals surface area (Å²) in [5, 5.41) is 3.53. The summed E-state index contributed by atoms with van der Waals surface area (Å²) in [6, 6.07) is 6.07. The Balaban J connectivity index is 2.17. The third kappa shape index (κ3) is 2.75. The highest BCUT2D eigenvalue weighted by Gasteiger charge is 2.41. The summed E-state index contributed by atoms with van der Waals surface area (Å²) in [4.78, 5) is 0.463. The van der Waals surface area contributed by atoms with Crippen LogP contribution >= 0.6 is 24.0 Å². The number of nitrogens with one attached hydrogen (secondary N) is 1. The fraction of sp³-hybridized carbons (Fsp3) is 0.462. The minimum Gasteiger partial charge on any atom is -0.389 e. The molecule has 0 saturated heterocycles. The molecule has 0 spiro atoms. The summed E-state index contributed by atoms with van der Waals surface area (Å²) in [6.07, 6.45) is 4.78. The van der Waals surface area contributed by atoms with E-state index in [0.717, 1.165) is 17.8 Å². The molecule has 1 aliphatic carbocycles. The van der Waals surface area contributed by atoms with Crippen LogP contribution in [0.3, 0.4) is 0 Å². The van der Waals surface area contributed by atoms with Crippen LogP contribution in [0.25, 0.3) is 0 Å². The second-order valence-electron chi connectivity index (χ2n) is 4.60. The lowest BCUT2D eigenvalue weighted by Crippen LogP contribution is -2.21. The van der Waals surface area contributed by atoms with Crippen molar-refractivity contribution in [1.82, 2.24) is 0 Å². The van der Waals surface area contributed by atoms with Gasteiger partial charge in [-0.25, -0.2) is 0 Å². The number of aryl methyl sites for hydroxylation is 1. The highest BCUT2D eigenvalue weighted by atomic mass is 32.2. The number of thioether (sulfide) groups is 1. The number of para-hydroxylation sites is 1. The van der Waals surface area contributed by atoms with E-state index >= 15 is 0 Å².